The molecule has 0 fully saturated rings. The van der Waals surface area contributed by atoms with Crippen molar-refractivity contribution in [1.29, 1.82) is 0 Å². The minimum absolute atomic E-state index is 0.0517. The Morgan fingerprint density at radius 2 is 2.16 bits per heavy atom. The molecular weight excluding hydrogens is 238 g/mol. The molecule has 100 valence electrons. The van der Waals surface area contributed by atoms with Crippen LogP contribution < -0.4 is 10.6 Å². The van der Waals surface area contributed by atoms with E-state index in [9.17, 15) is 4.79 Å². The molecule has 1 heterocycles. The zero-order valence-corrected chi connectivity index (χ0v) is 11.2. The molecule has 1 aromatic carbocycles. The summed E-state index contributed by atoms with van der Waals surface area (Å²) in [6, 6.07) is 12.1. The Morgan fingerprint density at radius 1 is 1.32 bits per heavy atom. The highest BCUT2D eigenvalue weighted by Crippen LogP contribution is 2.17. The van der Waals surface area contributed by atoms with Gasteiger partial charge in [-0.05, 0) is 36.8 Å². The maximum atomic E-state index is 11.0. The number of benzene rings is 1. The average molecular weight is 257 g/mol. The fraction of sp³-hybridized carbons (Fsp3) is 0.267. The summed E-state index contributed by atoms with van der Waals surface area (Å²) < 4.78 is 0. The molecule has 0 aliphatic carbocycles. The van der Waals surface area contributed by atoms with Crippen LogP contribution in [0.1, 0.15) is 31.1 Å². The summed E-state index contributed by atoms with van der Waals surface area (Å²) in [5.41, 5.74) is 3.14. The Labute approximate surface area is 113 Å². The molecule has 0 spiro atoms. The third-order valence-corrected chi connectivity index (χ3v) is 2.97. The van der Waals surface area contributed by atoms with E-state index in [2.05, 4.69) is 28.6 Å². The molecule has 0 saturated carbocycles. The summed E-state index contributed by atoms with van der Waals surface area (Å²) in [6.07, 6.45) is 1.92. The summed E-state index contributed by atoms with van der Waals surface area (Å²) in [4.78, 5) is 14.2. The van der Waals surface area contributed by atoms with Gasteiger partial charge in [0.2, 0.25) is 5.91 Å². The molecule has 1 amide bonds. The topological polar surface area (TPSA) is 56.9 Å². The molecule has 0 aliphatic rings. The standard InChI is InChI=1S/C15H19N3O/c1-11(17-10-15-7-4-8-16-15)13-5-3-6-14(9-13)18-12(2)19/h3-9,11,16-17H,10H2,1-2H3,(H,18,19). The van der Waals surface area contributed by atoms with Gasteiger partial charge in [-0.2, -0.15) is 0 Å². The lowest BCUT2D eigenvalue weighted by Gasteiger charge is -2.15. The third-order valence-electron chi connectivity index (χ3n) is 2.97. The number of aromatic nitrogens is 1. The van der Waals surface area contributed by atoms with Gasteiger partial charge in [0.25, 0.3) is 0 Å². The van der Waals surface area contributed by atoms with Gasteiger partial charge in [0.05, 0.1) is 0 Å². The molecule has 1 atom stereocenters. The number of amides is 1. The number of nitrogens with one attached hydrogen (secondary N) is 3. The van der Waals surface area contributed by atoms with E-state index in [1.54, 1.807) is 0 Å². The van der Waals surface area contributed by atoms with Gasteiger partial charge in [-0.15, -0.1) is 0 Å². The van der Waals surface area contributed by atoms with E-state index in [1.165, 1.54) is 6.92 Å². The van der Waals surface area contributed by atoms with Crippen LogP contribution in [0.5, 0.6) is 0 Å². The molecule has 1 unspecified atom stereocenters. The van der Waals surface area contributed by atoms with Crippen LogP contribution in [0.2, 0.25) is 0 Å². The van der Waals surface area contributed by atoms with Gasteiger partial charge in [-0.3, -0.25) is 4.79 Å². The minimum Gasteiger partial charge on any atom is -0.364 e. The van der Waals surface area contributed by atoms with Crippen molar-refractivity contribution in [1.82, 2.24) is 10.3 Å². The summed E-state index contributed by atoms with van der Waals surface area (Å²) in [6.45, 7) is 4.41. The molecule has 4 heteroatoms. The maximum absolute atomic E-state index is 11.0. The highest BCUT2D eigenvalue weighted by Gasteiger charge is 2.06. The second-order valence-corrected chi connectivity index (χ2v) is 4.60. The third kappa shape index (κ3) is 3.96. The number of hydrogen-bond donors (Lipinski definition) is 3. The Balaban J connectivity index is 1.98. The predicted octanol–water partition coefficient (Wildman–Crippen LogP) is 2.82. The average Bonchev–Trinajstić information content (AvgIpc) is 2.88. The molecule has 1 aromatic heterocycles. The first-order chi connectivity index (χ1) is 9.15. The zero-order chi connectivity index (χ0) is 13.7. The van der Waals surface area contributed by atoms with E-state index >= 15 is 0 Å². The number of rotatable bonds is 5. The van der Waals surface area contributed by atoms with E-state index in [1.807, 2.05) is 36.5 Å². The maximum Gasteiger partial charge on any atom is 0.221 e. The fourth-order valence-electron chi connectivity index (χ4n) is 1.95. The number of hydrogen-bond acceptors (Lipinski definition) is 2. The second kappa shape index (κ2) is 6.20. The van der Waals surface area contributed by atoms with Crippen molar-refractivity contribution >= 4 is 11.6 Å². The van der Waals surface area contributed by atoms with Crippen LogP contribution in [-0.4, -0.2) is 10.9 Å². The van der Waals surface area contributed by atoms with Crippen LogP contribution in [0, 0.1) is 0 Å². The predicted molar refractivity (Wildman–Crippen MR) is 76.8 cm³/mol. The Bertz CT molecular complexity index is 534. The summed E-state index contributed by atoms with van der Waals surface area (Å²) >= 11 is 0. The molecule has 4 nitrogen and oxygen atoms in total. The van der Waals surface area contributed by atoms with Crippen LogP contribution in [0.3, 0.4) is 0 Å². The first-order valence-corrected chi connectivity index (χ1v) is 6.38. The SMILES string of the molecule is CC(=O)Nc1cccc(C(C)NCc2ccc[nH]2)c1. The number of anilines is 1. The van der Waals surface area contributed by atoms with Crippen LogP contribution in [-0.2, 0) is 11.3 Å². The molecule has 2 rings (SSSR count). The van der Waals surface area contributed by atoms with Crippen molar-refractivity contribution in [2.45, 2.75) is 26.4 Å². The van der Waals surface area contributed by atoms with Crippen molar-refractivity contribution in [3.8, 4) is 0 Å². The molecule has 0 bridgehead atoms. The summed E-state index contributed by atoms with van der Waals surface area (Å²) in [5, 5.41) is 6.23. The van der Waals surface area contributed by atoms with Gasteiger partial charge in [0, 0.05) is 37.1 Å². The van der Waals surface area contributed by atoms with Crippen molar-refractivity contribution in [3.63, 3.8) is 0 Å². The van der Waals surface area contributed by atoms with Gasteiger partial charge in [0.15, 0.2) is 0 Å². The molecule has 3 N–H and O–H groups in total. The Morgan fingerprint density at radius 3 is 2.84 bits per heavy atom. The van der Waals surface area contributed by atoms with E-state index in [0.29, 0.717) is 0 Å². The van der Waals surface area contributed by atoms with Crippen LogP contribution in [0.4, 0.5) is 5.69 Å². The Kier molecular flexibility index (Phi) is 4.36. The van der Waals surface area contributed by atoms with E-state index < -0.39 is 0 Å². The summed E-state index contributed by atoms with van der Waals surface area (Å²) in [7, 11) is 0. The van der Waals surface area contributed by atoms with Crippen molar-refractivity contribution in [3.05, 3.63) is 53.9 Å². The lowest BCUT2D eigenvalue weighted by molar-refractivity contribution is -0.114. The van der Waals surface area contributed by atoms with Gasteiger partial charge < -0.3 is 15.6 Å². The number of carbonyl (C=O) groups is 1. The molecule has 19 heavy (non-hydrogen) atoms. The van der Waals surface area contributed by atoms with E-state index in [-0.39, 0.29) is 11.9 Å². The van der Waals surface area contributed by atoms with Crippen LogP contribution in [0.25, 0.3) is 0 Å². The highest BCUT2D eigenvalue weighted by atomic mass is 16.1. The molecule has 0 radical (unpaired) electrons. The fourth-order valence-corrected chi connectivity index (χ4v) is 1.95. The van der Waals surface area contributed by atoms with Crippen molar-refractivity contribution in [2.24, 2.45) is 0 Å². The molecule has 0 aliphatic heterocycles. The van der Waals surface area contributed by atoms with Gasteiger partial charge in [0.1, 0.15) is 0 Å². The highest BCUT2D eigenvalue weighted by molar-refractivity contribution is 5.88. The molecule has 0 saturated heterocycles. The first kappa shape index (κ1) is 13.4. The lowest BCUT2D eigenvalue weighted by Crippen LogP contribution is -2.18. The van der Waals surface area contributed by atoms with Crippen molar-refractivity contribution in [2.75, 3.05) is 5.32 Å². The second-order valence-electron chi connectivity index (χ2n) is 4.60. The molecule has 2 aromatic rings. The normalized spacial score (nSPS) is 12.1. The smallest absolute Gasteiger partial charge is 0.221 e. The van der Waals surface area contributed by atoms with Gasteiger partial charge >= 0.3 is 0 Å². The number of H-pyrrole nitrogens is 1. The Hall–Kier alpha value is -2.07. The van der Waals surface area contributed by atoms with Gasteiger partial charge in [-0.1, -0.05) is 12.1 Å². The van der Waals surface area contributed by atoms with Gasteiger partial charge in [-0.25, -0.2) is 0 Å². The minimum atomic E-state index is -0.0517. The van der Waals surface area contributed by atoms with Crippen LogP contribution in [0.15, 0.2) is 42.6 Å². The van der Waals surface area contributed by atoms with E-state index in [0.717, 1.165) is 23.5 Å². The zero-order valence-electron chi connectivity index (χ0n) is 11.2. The quantitative estimate of drug-likeness (QED) is 0.771. The van der Waals surface area contributed by atoms with Crippen LogP contribution >= 0.6 is 0 Å². The lowest BCUT2D eigenvalue weighted by atomic mass is 10.1. The molecular formula is C15H19N3O. The summed E-state index contributed by atoms with van der Waals surface area (Å²) in [5.74, 6) is -0.0517. The first-order valence-electron chi connectivity index (χ1n) is 6.38. The van der Waals surface area contributed by atoms with E-state index in [4.69, 9.17) is 0 Å². The number of carbonyl (C=O) groups excluding carboxylic acids is 1. The van der Waals surface area contributed by atoms with Crippen molar-refractivity contribution < 1.29 is 4.79 Å². The number of aromatic amines is 1. The largest absolute Gasteiger partial charge is 0.364 e. The monoisotopic (exact) mass is 257 g/mol.